The van der Waals surface area contributed by atoms with E-state index in [-0.39, 0.29) is 12.6 Å². The smallest absolute Gasteiger partial charge is 0.418 e. The summed E-state index contributed by atoms with van der Waals surface area (Å²) in [5.74, 6) is 0.119. The number of ether oxygens (including phenoxy) is 1. The van der Waals surface area contributed by atoms with E-state index in [0.29, 0.717) is 17.7 Å². The molecule has 0 atom stereocenters. The topological polar surface area (TPSA) is 62.9 Å². The van der Waals surface area contributed by atoms with Crippen LogP contribution in [0.1, 0.15) is 31.9 Å². The molecule has 0 aliphatic rings. The Hall–Kier alpha value is -2.79. The zero-order chi connectivity index (χ0) is 18.7. The largest absolute Gasteiger partial charge is 0.425 e. The highest BCUT2D eigenvalue weighted by Gasteiger charge is 2.29. The lowest BCUT2D eigenvalue weighted by atomic mass is 10.1. The fourth-order valence-electron chi connectivity index (χ4n) is 2.76. The van der Waals surface area contributed by atoms with Crippen molar-refractivity contribution < 1.29 is 19.1 Å². The second-order valence-electron chi connectivity index (χ2n) is 7.17. The Kier molecular flexibility index (Phi) is 5.00. The summed E-state index contributed by atoms with van der Waals surface area (Å²) in [6.07, 6.45) is -0.481. The quantitative estimate of drug-likeness (QED) is 0.737. The molecule has 5 heteroatoms. The van der Waals surface area contributed by atoms with E-state index in [2.05, 4.69) is 0 Å². The van der Waals surface area contributed by atoms with Crippen LogP contribution in [0.3, 0.4) is 0 Å². The van der Waals surface area contributed by atoms with Crippen molar-refractivity contribution in [1.29, 1.82) is 0 Å². The Balaban J connectivity index is 1.84. The highest BCUT2D eigenvalue weighted by Crippen LogP contribution is 2.29. The number of para-hydroxylation sites is 1. The van der Waals surface area contributed by atoms with Crippen LogP contribution < -0.4 is 4.74 Å². The first kappa shape index (κ1) is 18.0. The third kappa shape index (κ3) is 3.89. The zero-order valence-electron chi connectivity index (χ0n) is 15.2. The van der Waals surface area contributed by atoms with Crippen LogP contribution in [0.2, 0.25) is 0 Å². The summed E-state index contributed by atoms with van der Waals surface area (Å²) in [7, 11) is 0. The van der Waals surface area contributed by atoms with Gasteiger partial charge in [-0.3, -0.25) is 4.90 Å². The van der Waals surface area contributed by atoms with E-state index in [0.717, 1.165) is 10.9 Å². The number of benzene rings is 2. The minimum absolute atomic E-state index is 0.119. The summed E-state index contributed by atoms with van der Waals surface area (Å²) < 4.78 is 11.1. The first-order valence-electron chi connectivity index (χ1n) is 8.54. The Morgan fingerprint density at radius 3 is 2.50 bits per heavy atom. The predicted molar refractivity (Wildman–Crippen MR) is 99.9 cm³/mol. The van der Waals surface area contributed by atoms with Gasteiger partial charge in [0, 0.05) is 29.1 Å². The van der Waals surface area contributed by atoms with Crippen molar-refractivity contribution >= 4 is 17.1 Å². The molecule has 1 heterocycles. The molecular formula is C21H23NO4. The normalized spacial score (nSPS) is 11.5. The van der Waals surface area contributed by atoms with E-state index < -0.39 is 11.6 Å². The van der Waals surface area contributed by atoms with Gasteiger partial charge in [-0.05, 0) is 26.3 Å². The number of furan rings is 1. The van der Waals surface area contributed by atoms with E-state index >= 15 is 0 Å². The first-order chi connectivity index (χ1) is 12.4. The molecule has 0 aliphatic heterocycles. The number of aliphatic hydroxyl groups is 1. The van der Waals surface area contributed by atoms with Gasteiger partial charge in [0.1, 0.15) is 5.58 Å². The number of carbonyl (C=O) groups is 1. The summed E-state index contributed by atoms with van der Waals surface area (Å²) in [4.78, 5) is 14.4. The van der Waals surface area contributed by atoms with Crippen LogP contribution in [0.5, 0.6) is 5.95 Å². The molecule has 1 aromatic heterocycles. The van der Waals surface area contributed by atoms with Gasteiger partial charge in [0.15, 0.2) is 0 Å². The third-order valence-electron chi connectivity index (χ3n) is 4.17. The van der Waals surface area contributed by atoms with Gasteiger partial charge in [-0.25, -0.2) is 4.79 Å². The van der Waals surface area contributed by atoms with Gasteiger partial charge in [0.2, 0.25) is 0 Å². The lowest BCUT2D eigenvalue weighted by Gasteiger charge is -2.34. The van der Waals surface area contributed by atoms with E-state index in [1.807, 2.05) is 63.2 Å². The molecule has 3 rings (SSSR count). The summed E-state index contributed by atoms with van der Waals surface area (Å²) in [5, 5.41) is 10.2. The molecule has 1 N–H and O–H groups in total. The highest BCUT2D eigenvalue weighted by molar-refractivity contribution is 5.82. The standard InChI is InChI=1S/C21H23NO4/c1-21(2,3)22(13-15-8-5-4-6-9-15)20(24)26-18-12-16-10-7-11-17(14-23)19(16)25-18/h4-12,23H,13-14H2,1-3H3. The minimum atomic E-state index is -0.481. The molecule has 0 saturated carbocycles. The molecule has 1 amide bonds. The summed E-state index contributed by atoms with van der Waals surface area (Å²) >= 11 is 0. The number of aliphatic hydroxyl groups excluding tert-OH is 1. The monoisotopic (exact) mass is 353 g/mol. The Morgan fingerprint density at radius 2 is 1.85 bits per heavy atom. The summed E-state index contributed by atoms with van der Waals surface area (Å²) in [6.45, 7) is 6.17. The average molecular weight is 353 g/mol. The average Bonchev–Trinajstić information content (AvgIpc) is 3.01. The fraction of sp³-hybridized carbons (Fsp3) is 0.286. The molecule has 0 spiro atoms. The number of hydrogen-bond donors (Lipinski definition) is 1. The lowest BCUT2D eigenvalue weighted by Crippen LogP contribution is -2.46. The van der Waals surface area contributed by atoms with Crippen LogP contribution in [0, 0.1) is 0 Å². The Labute approximate surface area is 152 Å². The van der Waals surface area contributed by atoms with Crippen LogP contribution in [0.4, 0.5) is 4.79 Å². The van der Waals surface area contributed by atoms with Gasteiger partial charge in [-0.2, -0.15) is 0 Å². The van der Waals surface area contributed by atoms with Gasteiger partial charge >= 0.3 is 6.09 Å². The Morgan fingerprint density at radius 1 is 1.12 bits per heavy atom. The van der Waals surface area contributed by atoms with Crippen LogP contribution >= 0.6 is 0 Å². The third-order valence-corrected chi connectivity index (χ3v) is 4.17. The van der Waals surface area contributed by atoms with E-state index in [9.17, 15) is 9.90 Å². The zero-order valence-corrected chi connectivity index (χ0v) is 15.2. The van der Waals surface area contributed by atoms with Gasteiger partial charge < -0.3 is 14.3 Å². The van der Waals surface area contributed by atoms with E-state index in [1.54, 1.807) is 17.0 Å². The fourth-order valence-corrected chi connectivity index (χ4v) is 2.76. The van der Waals surface area contributed by atoms with Gasteiger partial charge in [0.25, 0.3) is 5.95 Å². The van der Waals surface area contributed by atoms with Crippen molar-refractivity contribution in [3.05, 3.63) is 65.7 Å². The molecule has 0 bridgehead atoms. The van der Waals surface area contributed by atoms with E-state index in [4.69, 9.17) is 9.15 Å². The van der Waals surface area contributed by atoms with Crippen molar-refractivity contribution in [1.82, 2.24) is 4.90 Å². The van der Waals surface area contributed by atoms with Crippen molar-refractivity contribution in [3.63, 3.8) is 0 Å². The summed E-state index contributed by atoms with van der Waals surface area (Å²) in [5.41, 5.74) is 1.78. The number of amides is 1. The van der Waals surface area contributed by atoms with Gasteiger partial charge in [-0.15, -0.1) is 0 Å². The molecular weight excluding hydrogens is 330 g/mol. The molecule has 0 saturated heterocycles. The minimum Gasteiger partial charge on any atom is -0.425 e. The van der Waals surface area contributed by atoms with Crippen molar-refractivity contribution in [2.75, 3.05) is 0 Å². The summed E-state index contributed by atoms with van der Waals surface area (Å²) in [6, 6.07) is 16.9. The number of hydrogen-bond acceptors (Lipinski definition) is 4. The first-order valence-corrected chi connectivity index (χ1v) is 8.54. The molecule has 0 aliphatic carbocycles. The van der Waals surface area contributed by atoms with Crippen LogP contribution in [0.15, 0.2) is 59.0 Å². The molecule has 5 nitrogen and oxygen atoms in total. The van der Waals surface area contributed by atoms with Crippen molar-refractivity contribution in [2.45, 2.75) is 39.5 Å². The predicted octanol–water partition coefficient (Wildman–Crippen LogP) is 4.72. The van der Waals surface area contributed by atoms with Crippen LogP contribution in [0.25, 0.3) is 11.0 Å². The number of fused-ring (bicyclic) bond motifs is 1. The molecule has 136 valence electrons. The molecule has 0 fully saturated rings. The maximum absolute atomic E-state index is 12.8. The van der Waals surface area contributed by atoms with Gasteiger partial charge in [-0.1, -0.05) is 48.5 Å². The second-order valence-corrected chi connectivity index (χ2v) is 7.17. The molecule has 3 aromatic rings. The SMILES string of the molecule is CC(C)(C)N(Cc1ccccc1)C(=O)Oc1cc2cccc(CO)c2o1. The maximum atomic E-state index is 12.8. The maximum Gasteiger partial charge on any atom is 0.418 e. The van der Waals surface area contributed by atoms with Crippen LogP contribution in [-0.4, -0.2) is 21.6 Å². The second kappa shape index (κ2) is 7.22. The highest BCUT2D eigenvalue weighted by atomic mass is 16.6. The van der Waals surface area contributed by atoms with Crippen molar-refractivity contribution in [3.8, 4) is 5.95 Å². The van der Waals surface area contributed by atoms with E-state index in [1.165, 1.54) is 0 Å². The number of rotatable bonds is 4. The molecule has 0 unspecified atom stereocenters. The molecule has 0 radical (unpaired) electrons. The van der Waals surface area contributed by atoms with Crippen molar-refractivity contribution in [2.24, 2.45) is 0 Å². The molecule has 26 heavy (non-hydrogen) atoms. The van der Waals surface area contributed by atoms with Crippen LogP contribution in [-0.2, 0) is 13.2 Å². The van der Waals surface area contributed by atoms with Gasteiger partial charge in [0.05, 0.1) is 6.61 Å². The lowest BCUT2D eigenvalue weighted by molar-refractivity contribution is 0.0948. The number of carbonyl (C=O) groups excluding carboxylic acids is 1. The Bertz CT molecular complexity index is 893. The number of nitrogens with zero attached hydrogens (tertiary/aromatic N) is 1. The molecule has 2 aromatic carbocycles.